The molecule has 0 bridgehead atoms. The van der Waals surface area contributed by atoms with Gasteiger partial charge in [-0.1, -0.05) is 17.7 Å². The molecule has 0 radical (unpaired) electrons. The van der Waals surface area contributed by atoms with Gasteiger partial charge >= 0.3 is 5.97 Å². The fraction of sp³-hybridized carbons (Fsp3) is 0.0500. The van der Waals surface area contributed by atoms with E-state index >= 15 is 0 Å². The van der Waals surface area contributed by atoms with Crippen molar-refractivity contribution >= 4 is 29.7 Å². The molecule has 0 atom stereocenters. The number of hydrazone groups is 1. The van der Waals surface area contributed by atoms with Crippen molar-refractivity contribution in [1.82, 2.24) is 5.43 Å². The van der Waals surface area contributed by atoms with Crippen LogP contribution in [0, 0.1) is 0 Å². The summed E-state index contributed by atoms with van der Waals surface area (Å²) < 4.78 is 15.5. The largest absolute Gasteiger partial charge is 0.493 e. The molecule has 0 fully saturated rings. The number of furan rings is 1. The molecule has 1 heterocycles. The zero-order valence-electron chi connectivity index (χ0n) is 14.7. The van der Waals surface area contributed by atoms with Gasteiger partial charge in [0.1, 0.15) is 0 Å². The Balaban J connectivity index is 1.67. The van der Waals surface area contributed by atoms with Gasteiger partial charge in [0.25, 0.3) is 5.91 Å². The van der Waals surface area contributed by atoms with E-state index in [1.165, 1.54) is 31.7 Å². The van der Waals surface area contributed by atoms with Crippen molar-refractivity contribution in [1.29, 1.82) is 0 Å². The zero-order valence-corrected chi connectivity index (χ0v) is 15.5. The fourth-order valence-electron chi connectivity index (χ4n) is 2.25. The third-order valence-corrected chi connectivity index (χ3v) is 3.81. The highest BCUT2D eigenvalue weighted by atomic mass is 35.5. The third kappa shape index (κ3) is 4.77. The van der Waals surface area contributed by atoms with Crippen molar-refractivity contribution in [2.45, 2.75) is 0 Å². The fourth-order valence-corrected chi connectivity index (χ4v) is 2.44. The summed E-state index contributed by atoms with van der Waals surface area (Å²) in [5.41, 5.74) is 3.43. The SMILES string of the molecule is COc1cc(/C=N/NC(=O)c2cccc(Cl)c2)ccc1OC(=O)c1ccco1. The molecule has 3 aromatic rings. The molecule has 0 saturated heterocycles. The lowest BCUT2D eigenvalue weighted by Gasteiger charge is -2.09. The van der Waals surface area contributed by atoms with Crippen LogP contribution < -0.4 is 14.9 Å². The first-order chi connectivity index (χ1) is 13.6. The van der Waals surface area contributed by atoms with Crippen molar-refractivity contribution in [3.8, 4) is 11.5 Å². The van der Waals surface area contributed by atoms with Gasteiger partial charge in [-0.25, -0.2) is 10.2 Å². The summed E-state index contributed by atoms with van der Waals surface area (Å²) >= 11 is 5.86. The second kappa shape index (κ2) is 8.88. The normalized spacial score (nSPS) is 10.6. The molecule has 0 unspecified atom stereocenters. The summed E-state index contributed by atoms with van der Waals surface area (Å²) in [6.07, 6.45) is 2.81. The number of ether oxygens (including phenoxy) is 2. The van der Waals surface area contributed by atoms with Gasteiger partial charge in [-0.15, -0.1) is 0 Å². The van der Waals surface area contributed by atoms with Gasteiger partial charge in [0, 0.05) is 10.6 Å². The highest BCUT2D eigenvalue weighted by molar-refractivity contribution is 6.30. The second-order valence-corrected chi connectivity index (χ2v) is 5.92. The molecule has 0 spiro atoms. The number of nitrogens with one attached hydrogen (secondary N) is 1. The number of esters is 1. The second-order valence-electron chi connectivity index (χ2n) is 5.49. The minimum absolute atomic E-state index is 0.0800. The number of rotatable bonds is 6. The number of carbonyl (C=O) groups is 2. The minimum atomic E-state index is -0.640. The van der Waals surface area contributed by atoms with Crippen LogP contribution in [0.3, 0.4) is 0 Å². The summed E-state index contributed by atoms with van der Waals surface area (Å²) in [6, 6.07) is 14.4. The first kappa shape index (κ1) is 19.2. The maximum absolute atomic E-state index is 12.0. The molecule has 0 aliphatic rings. The molecular formula is C20H15ClN2O5. The number of halogens is 1. The van der Waals surface area contributed by atoms with Crippen LogP contribution in [0.25, 0.3) is 0 Å². The standard InChI is InChI=1S/C20H15ClN2O5/c1-26-18-10-13(7-8-16(18)28-20(25)17-6-3-9-27-17)12-22-23-19(24)14-4-2-5-15(21)11-14/h2-12H,1H3,(H,23,24)/b22-12+. The third-order valence-electron chi connectivity index (χ3n) is 3.58. The molecule has 142 valence electrons. The lowest BCUT2D eigenvalue weighted by Crippen LogP contribution is -2.17. The van der Waals surface area contributed by atoms with Crippen LogP contribution in [0.4, 0.5) is 0 Å². The van der Waals surface area contributed by atoms with E-state index in [-0.39, 0.29) is 11.5 Å². The smallest absolute Gasteiger partial charge is 0.379 e. The molecule has 0 aliphatic heterocycles. The maximum Gasteiger partial charge on any atom is 0.379 e. The van der Waals surface area contributed by atoms with E-state index in [2.05, 4.69) is 10.5 Å². The van der Waals surface area contributed by atoms with Crippen LogP contribution in [0.1, 0.15) is 26.5 Å². The van der Waals surface area contributed by atoms with E-state index in [0.29, 0.717) is 21.9 Å². The summed E-state index contributed by atoms with van der Waals surface area (Å²) in [6.45, 7) is 0. The molecule has 0 aliphatic carbocycles. The molecular weight excluding hydrogens is 384 g/mol. The number of hydrogen-bond donors (Lipinski definition) is 1. The van der Waals surface area contributed by atoms with E-state index < -0.39 is 11.9 Å². The minimum Gasteiger partial charge on any atom is -0.493 e. The number of methoxy groups -OCH3 is 1. The quantitative estimate of drug-likeness (QED) is 0.294. The molecule has 1 aromatic heterocycles. The van der Waals surface area contributed by atoms with Crippen LogP contribution in [0.15, 0.2) is 70.4 Å². The van der Waals surface area contributed by atoms with E-state index in [9.17, 15) is 9.59 Å². The van der Waals surface area contributed by atoms with E-state index in [1.807, 2.05) is 0 Å². The lowest BCUT2D eigenvalue weighted by molar-refractivity contribution is 0.0696. The van der Waals surface area contributed by atoms with Crippen LogP contribution in [-0.4, -0.2) is 25.2 Å². The molecule has 0 saturated carbocycles. The zero-order chi connectivity index (χ0) is 19.9. The predicted molar refractivity (Wildman–Crippen MR) is 103 cm³/mol. The molecule has 3 rings (SSSR count). The summed E-state index contributed by atoms with van der Waals surface area (Å²) in [4.78, 5) is 24.0. The van der Waals surface area contributed by atoms with Crippen molar-refractivity contribution in [2.75, 3.05) is 7.11 Å². The summed E-state index contributed by atoms with van der Waals surface area (Å²) in [5, 5.41) is 4.37. The van der Waals surface area contributed by atoms with Crippen molar-refractivity contribution in [3.05, 3.63) is 82.8 Å². The molecule has 1 N–H and O–H groups in total. The van der Waals surface area contributed by atoms with Gasteiger partial charge in [-0.2, -0.15) is 5.10 Å². The Morgan fingerprint density at radius 3 is 2.68 bits per heavy atom. The van der Waals surface area contributed by atoms with E-state index in [4.69, 9.17) is 25.5 Å². The molecule has 28 heavy (non-hydrogen) atoms. The lowest BCUT2D eigenvalue weighted by atomic mass is 10.2. The molecule has 8 heteroatoms. The molecule has 2 aromatic carbocycles. The monoisotopic (exact) mass is 398 g/mol. The highest BCUT2D eigenvalue weighted by Crippen LogP contribution is 2.28. The molecule has 7 nitrogen and oxygen atoms in total. The highest BCUT2D eigenvalue weighted by Gasteiger charge is 2.14. The van der Waals surface area contributed by atoms with Crippen LogP contribution >= 0.6 is 11.6 Å². The van der Waals surface area contributed by atoms with Gasteiger partial charge in [-0.05, 0) is 54.1 Å². The summed E-state index contributed by atoms with van der Waals surface area (Å²) in [7, 11) is 1.45. The molecule has 1 amide bonds. The topological polar surface area (TPSA) is 90.1 Å². The predicted octanol–water partition coefficient (Wildman–Crippen LogP) is 3.92. The van der Waals surface area contributed by atoms with Gasteiger partial charge in [0.2, 0.25) is 5.76 Å². The summed E-state index contributed by atoms with van der Waals surface area (Å²) in [5.74, 6) is -0.404. The van der Waals surface area contributed by atoms with Crippen molar-refractivity contribution < 1.29 is 23.5 Å². The van der Waals surface area contributed by atoms with E-state index in [1.54, 1.807) is 42.5 Å². The number of hydrogen-bond acceptors (Lipinski definition) is 6. The van der Waals surface area contributed by atoms with Gasteiger partial charge < -0.3 is 13.9 Å². The maximum atomic E-state index is 12.0. The average Bonchev–Trinajstić information content (AvgIpc) is 3.24. The Morgan fingerprint density at radius 2 is 1.96 bits per heavy atom. The Morgan fingerprint density at radius 1 is 1.11 bits per heavy atom. The van der Waals surface area contributed by atoms with Gasteiger partial charge in [0.15, 0.2) is 11.5 Å². The number of benzene rings is 2. The van der Waals surface area contributed by atoms with E-state index in [0.717, 1.165) is 0 Å². The van der Waals surface area contributed by atoms with Gasteiger partial charge in [0.05, 0.1) is 19.6 Å². The van der Waals surface area contributed by atoms with Crippen LogP contribution in [-0.2, 0) is 0 Å². The van der Waals surface area contributed by atoms with Crippen LogP contribution in [0.2, 0.25) is 5.02 Å². The number of amides is 1. The van der Waals surface area contributed by atoms with Crippen molar-refractivity contribution in [3.63, 3.8) is 0 Å². The Labute approximate surface area is 165 Å². The van der Waals surface area contributed by atoms with Crippen molar-refractivity contribution in [2.24, 2.45) is 5.10 Å². The first-order valence-electron chi connectivity index (χ1n) is 8.09. The van der Waals surface area contributed by atoms with Crippen LogP contribution in [0.5, 0.6) is 11.5 Å². The Bertz CT molecular complexity index is 1020. The Hall–Kier alpha value is -3.58. The number of nitrogens with zero attached hydrogens (tertiary/aromatic N) is 1. The Kier molecular flexibility index (Phi) is 6.08. The van der Waals surface area contributed by atoms with Gasteiger partial charge in [-0.3, -0.25) is 4.79 Å². The average molecular weight is 399 g/mol. The first-order valence-corrected chi connectivity index (χ1v) is 8.47. The number of carbonyl (C=O) groups excluding carboxylic acids is 2.